The van der Waals surface area contributed by atoms with Crippen molar-refractivity contribution < 1.29 is 19.0 Å². The highest BCUT2D eigenvalue weighted by Gasteiger charge is 2.36. The van der Waals surface area contributed by atoms with Crippen LogP contribution < -0.4 is 14.2 Å². The number of H-pyrrole nitrogens is 1. The Morgan fingerprint density at radius 2 is 1.64 bits per heavy atom. The lowest BCUT2D eigenvalue weighted by atomic mass is 10.1. The number of nitrogens with zero attached hydrogens (tertiary/aromatic N) is 1. The molecule has 1 N–H and O–H groups in total. The summed E-state index contributed by atoms with van der Waals surface area (Å²) >= 11 is 0. The highest BCUT2D eigenvalue weighted by molar-refractivity contribution is 6.29. The first kappa shape index (κ1) is 20.0. The minimum absolute atomic E-state index is 0. The van der Waals surface area contributed by atoms with Gasteiger partial charge in [-0.2, -0.15) is 0 Å². The number of ketones is 1. The molecule has 0 fully saturated rings. The van der Waals surface area contributed by atoms with E-state index in [4.69, 9.17) is 14.2 Å². The fourth-order valence-electron chi connectivity index (χ4n) is 3.53. The van der Waals surface area contributed by atoms with E-state index in [-0.39, 0.29) is 18.2 Å². The Kier molecular flexibility index (Phi) is 5.54. The molecule has 4 rings (SSSR count). The smallest absolute Gasteiger partial charge is 0.200 e. The molecule has 28 heavy (non-hydrogen) atoms. The van der Waals surface area contributed by atoms with Gasteiger partial charge in [0.2, 0.25) is 0 Å². The van der Waals surface area contributed by atoms with Crippen molar-refractivity contribution in [1.29, 1.82) is 0 Å². The molecule has 0 saturated carbocycles. The lowest BCUT2D eigenvalue weighted by Gasteiger charge is -2.11. The second-order valence-corrected chi connectivity index (χ2v) is 6.78. The average Bonchev–Trinajstić information content (AvgIpc) is 3.17. The molecular weight excluding hydrogens is 380 g/mol. The summed E-state index contributed by atoms with van der Waals surface area (Å²) in [6.07, 6.45) is 0. The van der Waals surface area contributed by atoms with Crippen molar-refractivity contribution >= 4 is 29.1 Å². The van der Waals surface area contributed by atoms with Crippen molar-refractivity contribution in [3.8, 4) is 28.5 Å². The van der Waals surface area contributed by atoms with E-state index in [1.807, 2.05) is 38.4 Å². The third kappa shape index (κ3) is 3.08. The maximum absolute atomic E-state index is 13.2. The predicted molar refractivity (Wildman–Crippen MR) is 112 cm³/mol. The van der Waals surface area contributed by atoms with Crippen molar-refractivity contribution in [1.82, 2.24) is 9.88 Å². The normalized spacial score (nSPS) is 12.0. The number of aromatic nitrogens is 1. The van der Waals surface area contributed by atoms with Crippen LogP contribution in [0.1, 0.15) is 15.9 Å². The summed E-state index contributed by atoms with van der Waals surface area (Å²) in [6, 6.07) is 9.36. The summed E-state index contributed by atoms with van der Waals surface area (Å²) in [6.45, 7) is 1.41. The maximum Gasteiger partial charge on any atom is 0.200 e. The van der Waals surface area contributed by atoms with Gasteiger partial charge in [-0.05, 0) is 44.4 Å². The molecule has 3 aromatic rings. The Bertz CT molecular complexity index is 1040. The molecule has 0 bridgehead atoms. The van der Waals surface area contributed by atoms with Gasteiger partial charge >= 0.3 is 0 Å². The highest BCUT2D eigenvalue weighted by atomic mass is 35.5. The molecule has 1 aromatic heterocycles. The van der Waals surface area contributed by atoms with Crippen LogP contribution in [0, 0.1) is 0 Å². The molecule has 1 heterocycles. The Labute approximate surface area is 169 Å². The third-order valence-corrected chi connectivity index (χ3v) is 4.85. The zero-order chi connectivity index (χ0) is 19.1. The first-order chi connectivity index (χ1) is 13.0. The molecule has 1 aliphatic rings. The Balaban J connectivity index is 0.00000225. The van der Waals surface area contributed by atoms with Crippen molar-refractivity contribution in [3.63, 3.8) is 0 Å². The molecular formula is C21H23ClN2O4. The fraction of sp³-hybridized carbons (Fsp3) is 0.286. The van der Waals surface area contributed by atoms with E-state index < -0.39 is 0 Å². The van der Waals surface area contributed by atoms with Crippen molar-refractivity contribution in [2.45, 2.75) is 0 Å². The fourth-order valence-corrected chi connectivity index (χ4v) is 3.53. The number of carbonyl (C=O) groups excluding carboxylic acids is 1. The van der Waals surface area contributed by atoms with Crippen molar-refractivity contribution in [2.75, 3.05) is 41.5 Å². The molecule has 0 aliphatic heterocycles. The zero-order valence-corrected chi connectivity index (χ0v) is 17.1. The number of likely N-dealkylation sites (N-methyl/N-ethyl adjacent to an activating group) is 1. The first-order valence-corrected chi connectivity index (χ1v) is 8.78. The number of rotatable bonds is 6. The monoisotopic (exact) mass is 402 g/mol. The van der Waals surface area contributed by atoms with Crippen LogP contribution in [0.4, 0.5) is 0 Å². The zero-order valence-electron chi connectivity index (χ0n) is 16.3. The van der Waals surface area contributed by atoms with Crippen LogP contribution in [0.2, 0.25) is 0 Å². The molecule has 0 atom stereocenters. The molecule has 0 amide bonds. The number of hydrogen-bond acceptors (Lipinski definition) is 5. The summed E-state index contributed by atoms with van der Waals surface area (Å²) in [5, 5.41) is 0.845. The number of fused-ring (bicyclic) bond motifs is 5. The topological polar surface area (TPSA) is 63.8 Å². The molecule has 0 radical (unpaired) electrons. The molecule has 1 aliphatic carbocycles. The molecule has 148 valence electrons. The van der Waals surface area contributed by atoms with Crippen molar-refractivity contribution in [2.24, 2.45) is 0 Å². The predicted octanol–water partition coefficient (Wildman–Crippen LogP) is 3.76. The maximum atomic E-state index is 13.2. The average molecular weight is 403 g/mol. The minimum Gasteiger partial charge on any atom is -0.496 e. The third-order valence-electron chi connectivity index (χ3n) is 4.85. The minimum atomic E-state index is -0.0626. The van der Waals surface area contributed by atoms with Gasteiger partial charge in [0.1, 0.15) is 23.9 Å². The van der Waals surface area contributed by atoms with Gasteiger partial charge in [0.05, 0.1) is 36.6 Å². The van der Waals surface area contributed by atoms with Crippen LogP contribution in [0.5, 0.6) is 17.2 Å². The van der Waals surface area contributed by atoms with Gasteiger partial charge in [-0.25, -0.2) is 0 Å². The van der Waals surface area contributed by atoms with Crippen LogP contribution in [0.15, 0.2) is 30.3 Å². The van der Waals surface area contributed by atoms with Crippen molar-refractivity contribution in [3.05, 3.63) is 41.5 Å². The van der Waals surface area contributed by atoms with E-state index in [0.29, 0.717) is 29.2 Å². The lowest BCUT2D eigenvalue weighted by Crippen LogP contribution is -2.19. The Hall–Kier alpha value is -2.70. The SMILES string of the molecule is COc1ccc(OC)c2c1C(=O)c1c-2[nH]c2ccc(OCCN(C)C)cc12.Cl. The first-order valence-electron chi connectivity index (χ1n) is 8.78. The lowest BCUT2D eigenvalue weighted by molar-refractivity contribution is 0.104. The number of methoxy groups -OCH3 is 2. The van der Waals surface area contributed by atoms with Gasteiger partial charge in [-0.15, -0.1) is 12.4 Å². The second-order valence-electron chi connectivity index (χ2n) is 6.78. The summed E-state index contributed by atoms with van der Waals surface area (Å²) in [5.41, 5.74) is 3.60. The quantitative estimate of drug-likeness (QED) is 0.532. The highest BCUT2D eigenvalue weighted by Crippen LogP contribution is 2.48. The molecule has 0 unspecified atom stereocenters. The van der Waals surface area contributed by atoms with Crippen LogP contribution in [0.3, 0.4) is 0 Å². The summed E-state index contributed by atoms with van der Waals surface area (Å²) in [5.74, 6) is 1.88. The number of carbonyl (C=O) groups is 1. The van der Waals surface area contributed by atoms with Gasteiger partial charge < -0.3 is 24.1 Å². The van der Waals surface area contributed by atoms with Gasteiger partial charge in [0.15, 0.2) is 5.78 Å². The number of ether oxygens (including phenoxy) is 3. The number of halogens is 1. The van der Waals surface area contributed by atoms with E-state index in [1.165, 1.54) is 0 Å². The molecule has 0 spiro atoms. The van der Waals surface area contributed by atoms with Gasteiger partial charge in [0, 0.05) is 17.4 Å². The molecule has 2 aromatic carbocycles. The second kappa shape index (κ2) is 7.73. The Morgan fingerprint density at radius 1 is 0.964 bits per heavy atom. The van der Waals surface area contributed by atoms with E-state index in [1.54, 1.807) is 20.3 Å². The van der Waals surface area contributed by atoms with Gasteiger partial charge in [-0.3, -0.25) is 4.79 Å². The summed E-state index contributed by atoms with van der Waals surface area (Å²) < 4.78 is 16.8. The van der Waals surface area contributed by atoms with E-state index in [9.17, 15) is 4.79 Å². The summed E-state index contributed by atoms with van der Waals surface area (Å²) in [7, 11) is 7.17. The van der Waals surface area contributed by atoms with Crippen LogP contribution in [-0.4, -0.2) is 57.1 Å². The Morgan fingerprint density at radius 3 is 2.29 bits per heavy atom. The van der Waals surface area contributed by atoms with E-state index >= 15 is 0 Å². The number of aromatic amines is 1. The summed E-state index contributed by atoms with van der Waals surface area (Å²) in [4.78, 5) is 18.7. The number of benzene rings is 2. The number of nitrogens with one attached hydrogen (secondary N) is 1. The molecule has 6 nitrogen and oxygen atoms in total. The number of hydrogen-bond donors (Lipinski definition) is 1. The molecule has 0 saturated heterocycles. The van der Waals surface area contributed by atoms with E-state index in [2.05, 4.69) is 9.88 Å². The standard InChI is InChI=1S/C21H22N2O4.ClH/c1-23(2)9-10-27-12-5-6-14-13(11-12)17-20(22-14)18-15(25-3)7-8-16(26-4)19(18)21(17)24;/h5-8,11,22H,9-10H2,1-4H3;1H. The largest absolute Gasteiger partial charge is 0.496 e. The van der Waals surface area contributed by atoms with Crippen LogP contribution >= 0.6 is 12.4 Å². The van der Waals surface area contributed by atoms with Crippen LogP contribution in [-0.2, 0) is 0 Å². The van der Waals surface area contributed by atoms with E-state index in [0.717, 1.165) is 34.5 Å². The van der Waals surface area contributed by atoms with Crippen LogP contribution in [0.25, 0.3) is 22.2 Å². The van der Waals surface area contributed by atoms with Gasteiger partial charge in [-0.1, -0.05) is 0 Å². The molecule has 7 heteroatoms. The van der Waals surface area contributed by atoms with Gasteiger partial charge in [0.25, 0.3) is 0 Å².